The smallest absolute Gasteiger partial charge is 0.370 e. The highest BCUT2D eigenvalue weighted by Crippen LogP contribution is 2.38. The molecule has 0 bridgehead atoms. The molecular formula is C21H20O7. The van der Waals surface area contributed by atoms with Gasteiger partial charge < -0.3 is 29.2 Å². The molecule has 7 nitrogen and oxygen atoms in total. The molecule has 1 unspecified atom stereocenters. The predicted molar refractivity (Wildman–Crippen MR) is 97.7 cm³/mol. The minimum absolute atomic E-state index is 0.0170. The minimum Gasteiger partial charge on any atom is -0.475 e. The lowest BCUT2D eigenvalue weighted by atomic mass is 9.92. The molecule has 2 N–H and O–H groups in total. The Bertz CT molecular complexity index is 888. The molecule has 28 heavy (non-hydrogen) atoms. The number of ether oxygens (including phenoxy) is 4. The van der Waals surface area contributed by atoms with Gasteiger partial charge in [-0.1, -0.05) is 30.3 Å². The van der Waals surface area contributed by atoms with Crippen molar-refractivity contribution in [2.75, 3.05) is 6.79 Å². The Hall–Kier alpha value is -3.03. The van der Waals surface area contributed by atoms with Crippen molar-refractivity contribution < 1.29 is 34.0 Å². The van der Waals surface area contributed by atoms with E-state index < -0.39 is 12.3 Å². The zero-order valence-corrected chi connectivity index (χ0v) is 15.0. The van der Waals surface area contributed by atoms with Crippen LogP contribution in [-0.2, 0) is 27.5 Å². The summed E-state index contributed by atoms with van der Waals surface area (Å²) >= 11 is 0. The lowest BCUT2D eigenvalue weighted by Gasteiger charge is -2.28. The summed E-state index contributed by atoms with van der Waals surface area (Å²) in [4.78, 5) is 11.5. The predicted octanol–water partition coefficient (Wildman–Crippen LogP) is 2.92. The van der Waals surface area contributed by atoms with Crippen molar-refractivity contribution in [2.24, 2.45) is 0 Å². The Labute approximate surface area is 161 Å². The molecule has 2 atom stereocenters. The Morgan fingerprint density at radius 2 is 1.82 bits per heavy atom. The molecule has 2 aromatic carbocycles. The van der Waals surface area contributed by atoms with Crippen LogP contribution < -0.4 is 9.47 Å². The highest BCUT2D eigenvalue weighted by atomic mass is 16.7. The minimum atomic E-state index is -1.13. The summed E-state index contributed by atoms with van der Waals surface area (Å²) in [7, 11) is 0. The van der Waals surface area contributed by atoms with Gasteiger partial charge >= 0.3 is 5.97 Å². The first kappa shape index (κ1) is 18.3. The van der Waals surface area contributed by atoms with E-state index in [0.717, 1.165) is 16.7 Å². The molecule has 0 radical (unpaired) electrons. The molecule has 2 aliphatic heterocycles. The molecule has 7 heteroatoms. The number of aliphatic carboxylic acids is 1. The van der Waals surface area contributed by atoms with Crippen LogP contribution in [0.25, 0.3) is 0 Å². The maximum Gasteiger partial charge on any atom is 0.370 e. The Balaban J connectivity index is 1.48. The number of fused-ring (bicyclic) bond motifs is 1. The van der Waals surface area contributed by atoms with Gasteiger partial charge in [0, 0.05) is 12.3 Å². The molecule has 146 valence electrons. The van der Waals surface area contributed by atoms with Crippen molar-refractivity contribution in [3.8, 4) is 11.5 Å². The Morgan fingerprint density at radius 3 is 2.57 bits per heavy atom. The van der Waals surface area contributed by atoms with E-state index >= 15 is 0 Å². The van der Waals surface area contributed by atoms with Crippen LogP contribution in [0.2, 0.25) is 0 Å². The van der Waals surface area contributed by atoms with Gasteiger partial charge in [0.25, 0.3) is 0 Å². The third-order valence-electron chi connectivity index (χ3n) is 4.73. The highest BCUT2D eigenvalue weighted by molar-refractivity contribution is 5.84. The molecule has 0 aliphatic carbocycles. The summed E-state index contributed by atoms with van der Waals surface area (Å²) in [6, 6.07) is 12.9. The van der Waals surface area contributed by atoms with Crippen LogP contribution in [0.5, 0.6) is 11.5 Å². The van der Waals surface area contributed by atoms with Crippen LogP contribution in [-0.4, -0.2) is 29.3 Å². The summed E-state index contributed by atoms with van der Waals surface area (Å²) in [5.41, 5.74) is 2.63. The highest BCUT2D eigenvalue weighted by Gasteiger charge is 2.29. The largest absolute Gasteiger partial charge is 0.475 e. The van der Waals surface area contributed by atoms with Crippen molar-refractivity contribution >= 4 is 5.97 Å². The number of allylic oxidation sites excluding steroid dienone is 1. The van der Waals surface area contributed by atoms with E-state index in [0.29, 0.717) is 17.9 Å². The Kier molecular flexibility index (Phi) is 5.18. The van der Waals surface area contributed by atoms with Gasteiger partial charge in [0.1, 0.15) is 0 Å². The number of carbonyl (C=O) groups is 1. The maximum atomic E-state index is 11.5. The van der Waals surface area contributed by atoms with Crippen molar-refractivity contribution in [3.63, 3.8) is 0 Å². The van der Waals surface area contributed by atoms with Crippen molar-refractivity contribution in [2.45, 2.75) is 31.8 Å². The van der Waals surface area contributed by atoms with E-state index in [9.17, 15) is 9.90 Å². The first-order chi connectivity index (χ1) is 13.6. The summed E-state index contributed by atoms with van der Waals surface area (Å²) < 4.78 is 22.1. The van der Waals surface area contributed by atoms with Crippen LogP contribution >= 0.6 is 0 Å². The van der Waals surface area contributed by atoms with Crippen molar-refractivity contribution in [3.05, 3.63) is 71.0 Å². The normalized spacial score (nSPS) is 20.4. The van der Waals surface area contributed by atoms with Gasteiger partial charge in [0.05, 0.1) is 13.2 Å². The van der Waals surface area contributed by atoms with E-state index in [-0.39, 0.29) is 31.7 Å². The third-order valence-corrected chi connectivity index (χ3v) is 4.73. The van der Waals surface area contributed by atoms with Crippen molar-refractivity contribution in [1.82, 2.24) is 0 Å². The summed E-state index contributed by atoms with van der Waals surface area (Å²) in [5.74, 6) is -0.120. The van der Waals surface area contributed by atoms with Gasteiger partial charge in [0.15, 0.2) is 11.5 Å². The van der Waals surface area contributed by atoms with Crippen LogP contribution in [0, 0.1) is 0 Å². The number of benzene rings is 2. The summed E-state index contributed by atoms with van der Waals surface area (Å²) in [5, 5.41) is 18.5. The number of rotatable bonds is 6. The second-order valence-electron chi connectivity index (χ2n) is 6.62. The zero-order valence-electron chi connectivity index (χ0n) is 15.0. The lowest BCUT2D eigenvalue weighted by Crippen LogP contribution is -2.26. The first-order valence-electron chi connectivity index (χ1n) is 8.94. The number of aliphatic hydroxyl groups excluding tert-OH is 1. The number of carboxylic acids is 1. The van der Waals surface area contributed by atoms with Crippen LogP contribution in [0.15, 0.2) is 54.3 Å². The first-order valence-corrected chi connectivity index (χ1v) is 8.94. The maximum absolute atomic E-state index is 11.5. The van der Waals surface area contributed by atoms with Gasteiger partial charge in [-0.25, -0.2) is 4.79 Å². The molecule has 0 saturated carbocycles. The molecule has 2 heterocycles. The molecular weight excluding hydrogens is 364 g/mol. The molecule has 2 aliphatic rings. The van der Waals surface area contributed by atoms with Gasteiger partial charge in [-0.3, -0.25) is 0 Å². The number of hydrogen-bond donors (Lipinski definition) is 2. The van der Waals surface area contributed by atoms with Gasteiger partial charge in [-0.2, -0.15) is 0 Å². The monoisotopic (exact) mass is 384 g/mol. The van der Waals surface area contributed by atoms with Crippen molar-refractivity contribution in [1.29, 1.82) is 0 Å². The molecule has 0 aromatic heterocycles. The van der Waals surface area contributed by atoms with Crippen LogP contribution in [0.1, 0.15) is 29.0 Å². The second-order valence-corrected chi connectivity index (χ2v) is 6.62. The van der Waals surface area contributed by atoms with E-state index in [4.69, 9.17) is 24.1 Å². The standard InChI is InChI=1S/C21H20O7/c22-10-13-1-3-14(4-2-13)11-25-20-9-16(8-19(28-20)21(23)24)15-5-6-17-18(7-15)27-12-26-17/h1-8,16,20,22H,9-12H2,(H,23,24)/t16-,20?/m0/s1. The number of carboxylic acid groups (broad SMARTS) is 1. The van der Waals surface area contributed by atoms with Crippen LogP contribution in [0.4, 0.5) is 0 Å². The fraction of sp³-hybridized carbons (Fsp3) is 0.286. The fourth-order valence-corrected chi connectivity index (χ4v) is 3.22. The molecule has 0 spiro atoms. The van der Waals surface area contributed by atoms with E-state index in [1.807, 2.05) is 42.5 Å². The summed E-state index contributed by atoms with van der Waals surface area (Å²) in [6.45, 7) is 0.442. The lowest BCUT2D eigenvalue weighted by molar-refractivity contribution is -0.159. The zero-order chi connectivity index (χ0) is 19.5. The molecule has 4 rings (SSSR count). The average Bonchev–Trinajstić information content (AvgIpc) is 3.20. The van der Waals surface area contributed by atoms with E-state index in [1.165, 1.54) is 0 Å². The third kappa shape index (κ3) is 3.95. The van der Waals surface area contributed by atoms with E-state index in [1.54, 1.807) is 6.08 Å². The second kappa shape index (κ2) is 7.92. The number of hydrogen-bond acceptors (Lipinski definition) is 6. The average molecular weight is 384 g/mol. The fourth-order valence-electron chi connectivity index (χ4n) is 3.22. The topological polar surface area (TPSA) is 94.5 Å². The summed E-state index contributed by atoms with van der Waals surface area (Å²) in [6.07, 6.45) is 1.38. The quantitative estimate of drug-likeness (QED) is 0.791. The van der Waals surface area contributed by atoms with Gasteiger partial charge in [0.2, 0.25) is 18.8 Å². The Morgan fingerprint density at radius 1 is 1.07 bits per heavy atom. The molecule has 0 saturated heterocycles. The SMILES string of the molecule is O=C(O)C1=C[C@H](c2ccc3c(c2)OCO3)CC(OCc2ccc(CO)cc2)O1. The molecule has 0 fully saturated rings. The van der Waals surface area contributed by atoms with E-state index in [2.05, 4.69) is 0 Å². The molecule has 0 amide bonds. The van der Waals surface area contributed by atoms with Gasteiger partial charge in [-0.05, 0) is 34.9 Å². The number of aliphatic hydroxyl groups is 1. The van der Waals surface area contributed by atoms with Gasteiger partial charge in [-0.15, -0.1) is 0 Å². The molecule has 2 aromatic rings. The van der Waals surface area contributed by atoms with Crippen LogP contribution in [0.3, 0.4) is 0 Å².